The minimum absolute atomic E-state index is 0.0387. The molecular formula is C31H23F6N7O7. The first-order valence-electron chi connectivity index (χ1n) is 14.5. The lowest BCUT2D eigenvalue weighted by atomic mass is 10.0. The van der Waals surface area contributed by atoms with Gasteiger partial charge in [-0.25, -0.2) is 14.5 Å². The van der Waals surface area contributed by atoms with E-state index in [4.69, 9.17) is 15.2 Å². The Morgan fingerprint density at radius 3 is 2.29 bits per heavy atom. The van der Waals surface area contributed by atoms with E-state index in [2.05, 4.69) is 15.3 Å². The van der Waals surface area contributed by atoms with E-state index in [0.717, 1.165) is 42.6 Å². The molecule has 4 heterocycles. The zero-order valence-electron chi connectivity index (χ0n) is 25.9. The van der Waals surface area contributed by atoms with Crippen LogP contribution in [0.1, 0.15) is 57.0 Å². The topological polar surface area (TPSA) is 187 Å². The highest BCUT2D eigenvalue weighted by molar-refractivity contribution is 6.01. The number of nitrogens with two attached hydrogens (primary N) is 1. The van der Waals surface area contributed by atoms with Gasteiger partial charge in [-0.2, -0.15) is 26.3 Å². The number of halogens is 6. The average molecular weight is 720 g/mol. The van der Waals surface area contributed by atoms with E-state index in [1.807, 2.05) is 0 Å². The lowest BCUT2D eigenvalue weighted by molar-refractivity contribution is -0.384. The minimum Gasteiger partial charge on any atom is -0.481 e. The number of methoxy groups -OCH3 is 1. The number of alkyl halides is 6. The zero-order valence-corrected chi connectivity index (χ0v) is 25.9. The van der Waals surface area contributed by atoms with Gasteiger partial charge in [0.05, 0.1) is 35.1 Å². The molecule has 0 fully saturated rings. The van der Waals surface area contributed by atoms with Crippen LogP contribution in [0.5, 0.6) is 5.88 Å². The normalized spacial score (nSPS) is 13.1. The zero-order chi connectivity index (χ0) is 37.2. The molecular weight excluding hydrogens is 696 g/mol. The van der Waals surface area contributed by atoms with Crippen molar-refractivity contribution in [3.63, 3.8) is 0 Å². The van der Waals surface area contributed by atoms with E-state index in [1.54, 1.807) is 6.07 Å². The molecule has 0 aliphatic heterocycles. The van der Waals surface area contributed by atoms with Crippen LogP contribution in [-0.4, -0.2) is 66.4 Å². The first-order valence-corrected chi connectivity index (χ1v) is 14.5. The van der Waals surface area contributed by atoms with Gasteiger partial charge in [0.2, 0.25) is 5.88 Å². The van der Waals surface area contributed by atoms with Gasteiger partial charge in [-0.1, -0.05) is 5.21 Å². The average Bonchev–Trinajstić information content (AvgIpc) is 3.71. The van der Waals surface area contributed by atoms with Crippen LogP contribution in [0.25, 0.3) is 16.8 Å². The van der Waals surface area contributed by atoms with Gasteiger partial charge in [-0.3, -0.25) is 19.7 Å². The van der Waals surface area contributed by atoms with Gasteiger partial charge in [0, 0.05) is 48.1 Å². The monoisotopic (exact) mass is 719 g/mol. The summed E-state index contributed by atoms with van der Waals surface area (Å²) in [6.07, 6.45) is -11.1. The van der Waals surface area contributed by atoms with Crippen molar-refractivity contribution in [2.24, 2.45) is 5.73 Å². The number of aromatic nitrogens is 5. The first kappa shape index (κ1) is 36.0. The molecule has 20 heteroatoms. The van der Waals surface area contributed by atoms with Gasteiger partial charge >= 0.3 is 18.3 Å². The summed E-state index contributed by atoms with van der Waals surface area (Å²) >= 11 is 0. The molecule has 1 aromatic carbocycles. The number of amides is 1. The predicted molar refractivity (Wildman–Crippen MR) is 161 cm³/mol. The fraction of sp³-hybridized carbons (Fsp3) is 0.226. The minimum atomic E-state index is -5.44. The van der Waals surface area contributed by atoms with Crippen LogP contribution in [0.15, 0.2) is 73.2 Å². The summed E-state index contributed by atoms with van der Waals surface area (Å²) < 4.78 is 93.6. The fourth-order valence-electron chi connectivity index (χ4n) is 5.11. The summed E-state index contributed by atoms with van der Waals surface area (Å²) in [7, 11) is 1.39. The molecule has 2 N–H and O–H groups in total. The number of primary amides is 1. The number of non-ortho nitro benzene ring substituents is 1. The Bertz CT molecular complexity index is 2110. The predicted octanol–water partition coefficient (Wildman–Crippen LogP) is 5.57. The molecule has 266 valence electrons. The molecule has 5 rings (SSSR count). The van der Waals surface area contributed by atoms with Crippen molar-refractivity contribution in [1.82, 2.24) is 24.4 Å². The Balaban J connectivity index is 1.55. The van der Waals surface area contributed by atoms with E-state index < -0.39 is 65.6 Å². The van der Waals surface area contributed by atoms with Crippen molar-refractivity contribution >= 4 is 28.9 Å². The molecule has 0 radical (unpaired) electrons. The Kier molecular flexibility index (Phi) is 9.79. The highest BCUT2D eigenvalue weighted by Crippen LogP contribution is 2.35. The molecule has 0 saturated carbocycles. The molecule has 51 heavy (non-hydrogen) atoms. The highest BCUT2D eigenvalue weighted by atomic mass is 19.4. The Hall–Kier alpha value is -6.34. The van der Waals surface area contributed by atoms with Crippen LogP contribution >= 0.6 is 0 Å². The molecule has 2 unspecified atom stereocenters. The summed E-state index contributed by atoms with van der Waals surface area (Å²) in [5.74, 6) is -4.19. The number of carbonyl (C=O) groups excluding carboxylic acids is 3. The van der Waals surface area contributed by atoms with E-state index in [1.165, 1.54) is 36.0 Å². The Morgan fingerprint density at radius 1 is 1.02 bits per heavy atom. The van der Waals surface area contributed by atoms with Crippen LogP contribution in [0.2, 0.25) is 0 Å². The number of hydrogen-bond acceptors (Lipinski definition) is 10. The number of benzene rings is 1. The molecule has 0 aliphatic carbocycles. The Labute approximate surface area is 281 Å². The fourth-order valence-corrected chi connectivity index (χ4v) is 5.11. The van der Waals surface area contributed by atoms with Gasteiger partial charge in [-0.15, -0.1) is 5.10 Å². The van der Waals surface area contributed by atoms with E-state index in [0.29, 0.717) is 10.2 Å². The molecule has 0 saturated heterocycles. The standard InChI is InChI=1S/C31H23F6N7O7/c1-50-24-7-4-18(14-39-24)25-21(28(38)46)13-20-12-17(9-11-42(20)25)26(27(45)31(35,36)37)43-15-22(40-41-43)23(8-10-30(32,33)34)51-29(47)16-2-5-19(6-3-16)44(48)49/h2-7,9,11-15,23,26H,8,10H2,1H3,(H2,38,46). The maximum Gasteiger partial charge on any atom is 0.452 e. The molecule has 4 aromatic heterocycles. The number of ether oxygens (including phenoxy) is 2. The summed E-state index contributed by atoms with van der Waals surface area (Å²) in [6, 6.07) is 8.24. The van der Waals surface area contributed by atoms with Crippen molar-refractivity contribution in [3.8, 4) is 17.1 Å². The molecule has 1 amide bonds. The lowest BCUT2D eigenvalue weighted by Gasteiger charge is -2.19. The number of nitro groups is 1. The molecule has 0 spiro atoms. The summed E-state index contributed by atoms with van der Waals surface area (Å²) in [5.41, 5.74) is 4.76. The number of rotatable bonds is 12. The number of nitro benzene ring substituents is 1. The second-order valence-electron chi connectivity index (χ2n) is 10.9. The van der Waals surface area contributed by atoms with Gasteiger partial charge < -0.3 is 19.6 Å². The number of carbonyl (C=O) groups is 3. The highest BCUT2D eigenvalue weighted by Gasteiger charge is 2.46. The second kappa shape index (κ2) is 13.9. The SMILES string of the molecule is COc1ccc(-c2c(C(N)=O)cc3cc(C(C(=O)C(F)(F)F)n4cc(C(CCC(F)(F)F)OC(=O)c5ccc([N+](=O)[O-])cc5)nn4)ccn23)cn1. The summed E-state index contributed by atoms with van der Waals surface area (Å²) in [6.45, 7) is 0. The van der Waals surface area contributed by atoms with Crippen molar-refractivity contribution < 1.29 is 55.1 Å². The lowest BCUT2D eigenvalue weighted by Crippen LogP contribution is -2.33. The smallest absolute Gasteiger partial charge is 0.452 e. The number of fused-ring (bicyclic) bond motifs is 1. The summed E-state index contributed by atoms with van der Waals surface area (Å²) in [4.78, 5) is 52.3. The molecule has 14 nitrogen and oxygen atoms in total. The number of ketones is 1. The largest absolute Gasteiger partial charge is 0.481 e. The maximum absolute atomic E-state index is 14.0. The van der Waals surface area contributed by atoms with E-state index in [9.17, 15) is 50.8 Å². The van der Waals surface area contributed by atoms with Crippen LogP contribution in [0, 0.1) is 10.1 Å². The Morgan fingerprint density at radius 2 is 1.73 bits per heavy atom. The van der Waals surface area contributed by atoms with Gasteiger partial charge in [0.25, 0.3) is 17.4 Å². The van der Waals surface area contributed by atoms with Gasteiger partial charge in [0.1, 0.15) is 17.8 Å². The third kappa shape index (κ3) is 7.94. The molecule has 0 aliphatic rings. The van der Waals surface area contributed by atoms with Crippen molar-refractivity contribution in [1.29, 1.82) is 0 Å². The van der Waals surface area contributed by atoms with Crippen molar-refractivity contribution in [2.75, 3.05) is 7.11 Å². The quantitative estimate of drug-likeness (QED) is 0.0739. The molecule has 2 atom stereocenters. The summed E-state index contributed by atoms with van der Waals surface area (Å²) in [5, 5.41) is 18.2. The van der Waals surface area contributed by atoms with Gasteiger partial charge in [-0.05, 0) is 48.4 Å². The van der Waals surface area contributed by atoms with Gasteiger partial charge in [0.15, 0.2) is 0 Å². The van der Waals surface area contributed by atoms with Crippen molar-refractivity contribution in [2.45, 2.75) is 37.3 Å². The number of esters is 1. The van der Waals surface area contributed by atoms with E-state index >= 15 is 0 Å². The van der Waals surface area contributed by atoms with Crippen LogP contribution in [0.3, 0.4) is 0 Å². The molecule has 0 bridgehead atoms. The van der Waals surface area contributed by atoms with Crippen LogP contribution in [-0.2, 0) is 9.53 Å². The third-order valence-electron chi connectivity index (χ3n) is 7.50. The number of pyridine rings is 2. The third-order valence-corrected chi connectivity index (χ3v) is 7.50. The molecule has 5 aromatic rings. The van der Waals surface area contributed by atoms with Crippen LogP contribution in [0.4, 0.5) is 32.0 Å². The van der Waals surface area contributed by atoms with E-state index in [-0.39, 0.29) is 39.5 Å². The number of Topliss-reactive ketones (excluding diaryl/α,β-unsaturated/α-hetero) is 1. The maximum atomic E-state index is 14.0. The first-order chi connectivity index (χ1) is 24.0. The second-order valence-corrected chi connectivity index (χ2v) is 10.9. The van der Waals surface area contributed by atoms with Crippen molar-refractivity contribution in [3.05, 3.63) is 106 Å². The van der Waals surface area contributed by atoms with Crippen LogP contribution < -0.4 is 10.5 Å². The number of nitrogens with zero attached hydrogens (tertiary/aromatic N) is 6. The number of hydrogen-bond donors (Lipinski definition) is 1.